The molecule has 0 saturated heterocycles. The third kappa shape index (κ3) is 3.20. The molecule has 0 aliphatic heterocycles. The van der Waals surface area contributed by atoms with Crippen molar-refractivity contribution >= 4 is 27.4 Å². The van der Waals surface area contributed by atoms with Gasteiger partial charge in [-0.2, -0.15) is 5.26 Å². The van der Waals surface area contributed by atoms with Gasteiger partial charge in [0.2, 0.25) is 0 Å². The van der Waals surface area contributed by atoms with Gasteiger partial charge in [-0.15, -0.1) is 0 Å². The molecular formula is C13H11BrN4O. The quantitative estimate of drug-likeness (QED) is 0.941. The number of aryl methyl sites for hydroxylation is 1. The Morgan fingerprint density at radius 1 is 1.32 bits per heavy atom. The SMILES string of the molecule is COc1ccc(Br)cc1Nc1cc(C#N)nc(C)n1. The molecule has 19 heavy (non-hydrogen) atoms. The molecule has 0 saturated carbocycles. The zero-order valence-corrected chi connectivity index (χ0v) is 12.0. The van der Waals surface area contributed by atoms with Crippen molar-refractivity contribution in [3.05, 3.63) is 40.3 Å². The van der Waals surface area contributed by atoms with E-state index in [-0.39, 0.29) is 0 Å². The van der Waals surface area contributed by atoms with Gasteiger partial charge < -0.3 is 10.1 Å². The van der Waals surface area contributed by atoms with Crippen LogP contribution in [0.25, 0.3) is 0 Å². The number of benzene rings is 1. The van der Waals surface area contributed by atoms with Crippen LogP contribution in [0.3, 0.4) is 0 Å². The Kier molecular flexibility index (Phi) is 3.97. The van der Waals surface area contributed by atoms with Crippen LogP contribution >= 0.6 is 15.9 Å². The summed E-state index contributed by atoms with van der Waals surface area (Å²) >= 11 is 3.40. The number of hydrogen-bond acceptors (Lipinski definition) is 5. The van der Waals surface area contributed by atoms with Crippen LogP contribution in [-0.2, 0) is 0 Å². The van der Waals surface area contributed by atoms with Gasteiger partial charge >= 0.3 is 0 Å². The van der Waals surface area contributed by atoms with Crippen LogP contribution in [-0.4, -0.2) is 17.1 Å². The highest BCUT2D eigenvalue weighted by Crippen LogP contribution is 2.30. The van der Waals surface area contributed by atoms with Gasteiger partial charge in [0.05, 0.1) is 12.8 Å². The van der Waals surface area contributed by atoms with Crippen molar-refractivity contribution in [1.82, 2.24) is 9.97 Å². The van der Waals surface area contributed by atoms with Gasteiger partial charge in [-0.1, -0.05) is 15.9 Å². The number of ether oxygens (including phenoxy) is 1. The van der Waals surface area contributed by atoms with Gasteiger partial charge in [0.25, 0.3) is 0 Å². The third-order valence-corrected chi connectivity index (χ3v) is 2.87. The largest absolute Gasteiger partial charge is 0.495 e. The lowest BCUT2D eigenvalue weighted by Crippen LogP contribution is -2.00. The topological polar surface area (TPSA) is 70.8 Å². The fourth-order valence-electron chi connectivity index (χ4n) is 1.60. The van der Waals surface area contributed by atoms with E-state index in [0.29, 0.717) is 23.1 Å². The second-order valence-corrected chi connectivity index (χ2v) is 4.68. The van der Waals surface area contributed by atoms with Gasteiger partial charge in [-0.05, 0) is 25.1 Å². The van der Waals surface area contributed by atoms with E-state index in [1.54, 1.807) is 20.1 Å². The zero-order valence-electron chi connectivity index (χ0n) is 10.4. The summed E-state index contributed by atoms with van der Waals surface area (Å²) in [6, 6.07) is 9.19. The van der Waals surface area contributed by atoms with Crippen molar-refractivity contribution in [2.75, 3.05) is 12.4 Å². The Bertz CT molecular complexity index is 652. The molecular weight excluding hydrogens is 308 g/mol. The summed E-state index contributed by atoms with van der Waals surface area (Å²) in [4.78, 5) is 8.24. The second kappa shape index (κ2) is 5.67. The molecule has 6 heteroatoms. The van der Waals surface area contributed by atoms with E-state index >= 15 is 0 Å². The highest BCUT2D eigenvalue weighted by molar-refractivity contribution is 9.10. The monoisotopic (exact) mass is 318 g/mol. The summed E-state index contributed by atoms with van der Waals surface area (Å²) in [6.07, 6.45) is 0. The second-order valence-electron chi connectivity index (χ2n) is 3.77. The summed E-state index contributed by atoms with van der Waals surface area (Å²) in [5, 5.41) is 12.0. The van der Waals surface area contributed by atoms with E-state index in [4.69, 9.17) is 10.00 Å². The standard InChI is InChI=1S/C13H11BrN4O/c1-8-16-10(7-15)6-13(17-8)18-11-5-9(14)3-4-12(11)19-2/h3-6H,1-2H3,(H,16,17,18). The van der Waals surface area contributed by atoms with Gasteiger partial charge in [0, 0.05) is 10.5 Å². The molecule has 0 bridgehead atoms. The number of methoxy groups -OCH3 is 1. The Morgan fingerprint density at radius 2 is 2.11 bits per heavy atom. The molecule has 0 spiro atoms. The summed E-state index contributed by atoms with van der Waals surface area (Å²) in [5.74, 6) is 1.79. The van der Waals surface area contributed by atoms with E-state index in [0.717, 1.165) is 10.2 Å². The smallest absolute Gasteiger partial charge is 0.146 e. The summed E-state index contributed by atoms with van der Waals surface area (Å²) in [6.45, 7) is 1.74. The van der Waals surface area contributed by atoms with Crippen LogP contribution in [0.5, 0.6) is 5.75 Å². The minimum Gasteiger partial charge on any atom is -0.495 e. The predicted octanol–water partition coefficient (Wildman–Crippen LogP) is 3.17. The summed E-state index contributed by atoms with van der Waals surface area (Å²) < 4.78 is 6.19. The molecule has 1 heterocycles. The Morgan fingerprint density at radius 3 is 2.79 bits per heavy atom. The van der Waals surface area contributed by atoms with Crippen molar-refractivity contribution in [1.29, 1.82) is 5.26 Å². The zero-order chi connectivity index (χ0) is 13.8. The van der Waals surface area contributed by atoms with Gasteiger partial charge in [-0.3, -0.25) is 0 Å². The number of hydrogen-bond donors (Lipinski definition) is 1. The highest BCUT2D eigenvalue weighted by Gasteiger charge is 2.07. The Balaban J connectivity index is 2.38. The number of halogens is 1. The average molecular weight is 319 g/mol. The van der Waals surface area contributed by atoms with E-state index < -0.39 is 0 Å². The van der Waals surface area contributed by atoms with Crippen molar-refractivity contribution in [2.24, 2.45) is 0 Å². The van der Waals surface area contributed by atoms with E-state index in [2.05, 4.69) is 31.2 Å². The molecule has 0 atom stereocenters. The number of nitrogens with zero attached hydrogens (tertiary/aromatic N) is 3. The Hall–Kier alpha value is -2.13. The first kappa shape index (κ1) is 13.3. The van der Waals surface area contributed by atoms with Crippen LogP contribution in [0.15, 0.2) is 28.7 Å². The minimum absolute atomic E-state index is 0.323. The molecule has 1 aromatic heterocycles. The summed E-state index contributed by atoms with van der Waals surface area (Å²) in [5.41, 5.74) is 1.09. The first-order valence-electron chi connectivity index (χ1n) is 5.48. The van der Waals surface area contributed by atoms with Gasteiger partial charge in [0.1, 0.15) is 29.2 Å². The van der Waals surface area contributed by atoms with Crippen molar-refractivity contribution in [3.63, 3.8) is 0 Å². The number of aromatic nitrogens is 2. The van der Waals surface area contributed by atoms with Crippen molar-refractivity contribution in [2.45, 2.75) is 6.92 Å². The molecule has 0 unspecified atom stereocenters. The summed E-state index contributed by atoms with van der Waals surface area (Å²) in [7, 11) is 1.60. The van der Waals surface area contributed by atoms with E-state index in [9.17, 15) is 0 Å². The molecule has 0 aliphatic rings. The van der Waals surface area contributed by atoms with Crippen LogP contribution in [0.1, 0.15) is 11.5 Å². The van der Waals surface area contributed by atoms with Gasteiger partial charge in [-0.25, -0.2) is 9.97 Å². The van der Waals surface area contributed by atoms with Crippen LogP contribution in [0.2, 0.25) is 0 Å². The first-order chi connectivity index (χ1) is 9.12. The molecule has 0 fully saturated rings. The lowest BCUT2D eigenvalue weighted by molar-refractivity contribution is 0.416. The number of nitrogens with one attached hydrogen (secondary N) is 1. The maximum Gasteiger partial charge on any atom is 0.146 e. The van der Waals surface area contributed by atoms with Crippen LogP contribution < -0.4 is 10.1 Å². The maximum absolute atomic E-state index is 8.90. The van der Waals surface area contributed by atoms with E-state index in [1.807, 2.05) is 24.3 Å². The fraction of sp³-hybridized carbons (Fsp3) is 0.154. The number of rotatable bonds is 3. The lowest BCUT2D eigenvalue weighted by atomic mass is 10.3. The number of anilines is 2. The van der Waals surface area contributed by atoms with Crippen molar-refractivity contribution < 1.29 is 4.74 Å². The highest BCUT2D eigenvalue weighted by atomic mass is 79.9. The molecule has 0 amide bonds. The van der Waals surface area contributed by atoms with Crippen molar-refractivity contribution in [3.8, 4) is 11.8 Å². The molecule has 1 N–H and O–H groups in total. The molecule has 5 nitrogen and oxygen atoms in total. The molecule has 0 radical (unpaired) electrons. The fourth-order valence-corrected chi connectivity index (χ4v) is 1.97. The molecule has 2 aromatic rings. The molecule has 2 rings (SSSR count). The molecule has 1 aromatic carbocycles. The molecule has 96 valence electrons. The third-order valence-electron chi connectivity index (χ3n) is 2.38. The van der Waals surface area contributed by atoms with Crippen LogP contribution in [0, 0.1) is 18.3 Å². The predicted molar refractivity (Wildman–Crippen MR) is 75.5 cm³/mol. The first-order valence-corrected chi connectivity index (χ1v) is 6.28. The number of nitriles is 1. The average Bonchev–Trinajstić information content (AvgIpc) is 2.38. The Labute approximate surface area is 119 Å². The van der Waals surface area contributed by atoms with E-state index in [1.165, 1.54) is 0 Å². The molecule has 0 aliphatic carbocycles. The minimum atomic E-state index is 0.323. The normalized spacial score (nSPS) is 9.79. The lowest BCUT2D eigenvalue weighted by Gasteiger charge is -2.11. The van der Waals surface area contributed by atoms with Gasteiger partial charge in [0.15, 0.2) is 0 Å². The van der Waals surface area contributed by atoms with Crippen LogP contribution in [0.4, 0.5) is 11.5 Å². The maximum atomic E-state index is 8.90.